The monoisotopic (exact) mass is 236 g/mol. The van der Waals surface area contributed by atoms with Crippen LogP contribution in [0.15, 0.2) is 41.8 Å². The molecule has 0 aliphatic carbocycles. The number of sulfonamides is 1. The number of benzene rings is 1. The van der Waals surface area contributed by atoms with Crippen LogP contribution in [0.1, 0.15) is 12.5 Å². The van der Waals surface area contributed by atoms with E-state index in [9.17, 15) is 8.42 Å². The minimum absolute atomic E-state index is 0.0836. The van der Waals surface area contributed by atoms with Gasteiger partial charge < -0.3 is 0 Å². The van der Waals surface area contributed by atoms with Gasteiger partial charge in [-0.2, -0.15) is 5.26 Å². The van der Waals surface area contributed by atoms with Gasteiger partial charge in [-0.15, -0.1) is 6.58 Å². The Labute approximate surface area is 95.3 Å². The maximum Gasteiger partial charge on any atom is 0.241 e. The number of nitrogens with zero attached hydrogens (tertiary/aromatic N) is 1. The molecule has 0 spiro atoms. The summed E-state index contributed by atoms with van der Waals surface area (Å²) in [5, 5.41) is 8.67. The fourth-order valence-electron chi connectivity index (χ4n) is 1.09. The van der Waals surface area contributed by atoms with Crippen LogP contribution in [0, 0.1) is 11.3 Å². The van der Waals surface area contributed by atoms with Crippen molar-refractivity contribution in [3.8, 4) is 6.07 Å². The second-order valence-electron chi connectivity index (χ2n) is 3.29. The summed E-state index contributed by atoms with van der Waals surface area (Å²) >= 11 is 0. The summed E-state index contributed by atoms with van der Waals surface area (Å²) in [5.41, 5.74) is 0.314. The molecule has 1 aromatic carbocycles. The van der Waals surface area contributed by atoms with Crippen molar-refractivity contribution in [2.45, 2.75) is 17.9 Å². The Morgan fingerprint density at radius 3 is 2.81 bits per heavy atom. The standard InChI is InChI=1S/C11H12N2O2S/c1-3-9(2)13-16(14,15)11-6-4-5-10(7-11)8-12/h3-7,9,13H,1H2,2H3. The van der Waals surface area contributed by atoms with E-state index >= 15 is 0 Å². The first-order valence-corrected chi connectivity index (χ1v) is 6.13. The van der Waals surface area contributed by atoms with E-state index in [1.165, 1.54) is 24.3 Å². The van der Waals surface area contributed by atoms with Crippen molar-refractivity contribution in [1.82, 2.24) is 4.72 Å². The van der Waals surface area contributed by atoms with Crippen molar-refractivity contribution in [3.63, 3.8) is 0 Å². The van der Waals surface area contributed by atoms with Crippen LogP contribution in [-0.2, 0) is 10.0 Å². The number of hydrogen-bond donors (Lipinski definition) is 1. The molecule has 0 bridgehead atoms. The zero-order chi connectivity index (χ0) is 12.2. The molecule has 1 rings (SSSR count). The molecule has 1 N–H and O–H groups in total. The number of rotatable bonds is 4. The zero-order valence-corrected chi connectivity index (χ0v) is 9.66. The molecule has 0 saturated carbocycles. The fraction of sp³-hybridized carbons (Fsp3) is 0.182. The lowest BCUT2D eigenvalue weighted by atomic mass is 10.2. The van der Waals surface area contributed by atoms with Crippen molar-refractivity contribution in [2.75, 3.05) is 0 Å². The van der Waals surface area contributed by atoms with E-state index in [1.54, 1.807) is 13.0 Å². The van der Waals surface area contributed by atoms with Gasteiger partial charge >= 0.3 is 0 Å². The first-order chi connectivity index (χ1) is 7.49. The van der Waals surface area contributed by atoms with Gasteiger partial charge in [-0.1, -0.05) is 12.1 Å². The lowest BCUT2D eigenvalue weighted by molar-refractivity contribution is 0.576. The van der Waals surface area contributed by atoms with Gasteiger partial charge in [0.25, 0.3) is 0 Å². The third-order valence-electron chi connectivity index (χ3n) is 1.97. The van der Waals surface area contributed by atoms with Crippen molar-refractivity contribution < 1.29 is 8.42 Å². The van der Waals surface area contributed by atoms with Crippen LogP contribution in [0.4, 0.5) is 0 Å². The minimum Gasteiger partial charge on any atom is -0.207 e. The summed E-state index contributed by atoms with van der Waals surface area (Å²) in [4.78, 5) is 0.0836. The molecule has 84 valence electrons. The first-order valence-electron chi connectivity index (χ1n) is 4.64. The van der Waals surface area contributed by atoms with E-state index < -0.39 is 10.0 Å². The Hall–Kier alpha value is -1.64. The quantitative estimate of drug-likeness (QED) is 0.803. The minimum atomic E-state index is -3.58. The molecule has 0 saturated heterocycles. The second-order valence-corrected chi connectivity index (χ2v) is 5.00. The number of hydrogen-bond acceptors (Lipinski definition) is 3. The van der Waals surface area contributed by atoms with Gasteiger partial charge in [0.15, 0.2) is 0 Å². The van der Waals surface area contributed by atoms with E-state index in [1.807, 2.05) is 6.07 Å². The topological polar surface area (TPSA) is 70.0 Å². The molecular weight excluding hydrogens is 224 g/mol. The highest BCUT2D eigenvalue weighted by Crippen LogP contribution is 2.11. The summed E-state index contributed by atoms with van der Waals surface area (Å²) in [5.74, 6) is 0. The van der Waals surface area contributed by atoms with Gasteiger partial charge in [-0.25, -0.2) is 13.1 Å². The summed E-state index contributed by atoms with van der Waals surface area (Å²) in [6, 6.07) is 7.40. The molecule has 0 radical (unpaired) electrons. The van der Waals surface area contributed by atoms with Gasteiger partial charge in [0.05, 0.1) is 16.5 Å². The molecule has 0 aliphatic heterocycles. The highest BCUT2D eigenvalue weighted by molar-refractivity contribution is 7.89. The lowest BCUT2D eigenvalue weighted by Crippen LogP contribution is -2.30. The third kappa shape index (κ3) is 2.92. The van der Waals surface area contributed by atoms with Crippen molar-refractivity contribution in [1.29, 1.82) is 5.26 Å². The van der Waals surface area contributed by atoms with E-state index in [0.717, 1.165) is 0 Å². The molecule has 5 heteroatoms. The molecular formula is C11H12N2O2S. The SMILES string of the molecule is C=CC(C)NS(=O)(=O)c1cccc(C#N)c1. The van der Waals surface area contributed by atoms with Gasteiger partial charge in [-0.3, -0.25) is 0 Å². The Morgan fingerprint density at radius 2 is 2.25 bits per heavy atom. The molecule has 1 atom stereocenters. The van der Waals surface area contributed by atoms with Crippen molar-refractivity contribution >= 4 is 10.0 Å². The van der Waals surface area contributed by atoms with Crippen LogP contribution in [-0.4, -0.2) is 14.5 Å². The molecule has 0 aliphatic rings. The average molecular weight is 236 g/mol. The summed E-state index contributed by atoms with van der Waals surface area (Å²) in [7, 11) is -3.58. The summed E-state index contributed by atoms with van der Waals surface area (Å²) in [6.45, 7) is 5.17. The highest BCUT2D eigenvalue weighted by atomic mass is 32.2. The predicted octanol–water partition coefficient (Wildman–Crippen LogP) is 1.41. The lowest BCUT2D eigenvalue weighted by Gasteiger charge is -2.10. The van der Waals surface area contributed by atoms with Crippen LogP contribution in [0.2, 0.25) is 0 Å². The molecule has 0 heterocycles. The molecule has 16 heavy (non-hydrogen) atoms. The van der Waals surface area contributed by atoms with Crippen molar-refractivity contribution in [3.05, 3.63) is 42.5 Å². The predicted molar refractivity (Wildman–Crippen MR) is 61.1 cm³/mol. The van der Waals surface area contributed by atoms with Crippen molar-refractivity contribution in [2.24, 2.45) is 0 Å². The number of nitrogens with one attached hydrogen (secondary N) is 1. The molecule has 1 aromatic rings. The van der Waals surface area contributed by atoms with Crippen LogP contribution in [0.3, 0.4) is 0 Å². The van der Waals surface area contributed by atoms with E-state index in [4.69, 9.17) is 5.26 Å². The zero-order valence-electron chi connectivity index (χ0n) is 8.84. The van der Waals surface area contributed by atoms with Gasteiger partial charge in [0, 0.05) is 6.04 Å². The Morgan fingerprint density at radius 1 is 1.56 bits per heavy atom. The van der Waals surface area contributed by atoms with E-state index in [2.05, 4.69) is 11.3 Å². The Kier molecular flexibility index (Phi) is 3.82. The maximum absolute atomic E-state index is 11.8. The first kappa shape index (κ1) is 12.4. The second kappa shape index (κ2) is 4.92. The van der Waals surface area contributed by atoms with Gasteiger partial charge in [0.2, 0.25) is 10.0 Å². The Bertz CT molecular complexity index is 529. The summed E-state index contributed by atoms with van der Waals surface area (Å²) in [6.07, 6.45) is 1.49. The maximum atomic E-state index is 11.8. The van der Waals surface area contributed by atoms with Gasteiger partial charge in [-0.05, 0) is 25.1 Å². The number of nitriles is 1. The smallest absolute Gasteiger partial charge is 0.207 e. The van der Waals surface area contributed by atoms with Crippen LogP contribution < -0.4 is 4.72 Å². The molecule has 4 nitrogen and oxygen atoms in total. The molecule has 1 unspecified atom stereocenters. The normalized spacial score (nSPS) is 12.8. The fourth-order valence-corrected chi connectivity index (χ4v) is 2.36. The highest BCUT2D eigenvalue weighted by Gasteiger charge is 2.15. The third-order valence-corrected chi connectivity index (χ3v) is 3.52. The van der Waals surface area contributed by atoms with Crippen LogP contribution in [0.25, 0.3) is 0 Å². The Balaban J connectivity index is 3.08. The largest absolute Gasteiger partial charge is 0.241 e. The van der Waals surface area contributed by atoms with E-state index in [-0.39, 0.29) is 10.9 Å². The average Bonchev–Trinajstić information content (AvgIpc) is 2.28. The molecule has 0 amide bonds. The summed E-state index contributed by atoms with van der Waals surface area (Å²) < 4.78 is 26.0. The van der Waals surface area contributed by atoms with Crippen LogP contribution >= 0.6 is 0 Å². The molecule has 0 fully saturated rings. The van der Waals surface area contributed by atoms with E-state index in [0.29, 0.717) is 5.56 Å². The molecule has 0 aromatic heterocycles. The van der Waals surface area contributed by atoms with Crippen LogP contribution in [0.5, 0.6) is 0 Å². The van der Waals surface area contributed by atoms with Gasteiger partial charge in [0.1, 0.15) is 0 Å².